The molecule has 1 rings (SSSR count). The lowest BCUT2D eigenvalue weighted by Crippen LogP contribution is -2.02. The lowest BCUT2D eigenvalue weighted by atomic mass is 10.1. The highest BCUT2D eigenvalue weighted by Gasteiger charge is 2.10. The Morgan fingerprint density at radius 2 is 2.27 bits per heavy atom. The second kappa shape index (κ2) is 5.09. The number of nitrogens with zero attached hydrogens (tertiary/aromatic N) is 1. The molecule has 0 aliphatic heterocycles. The van der Waals surface area contributed by atoms with Crippen molar-refractivity contribution in [1.82, 2.24) is 0 Å². The van der Waals surface area contributed by atoms with E-state index >= 15 is 0 Å². The molecule has 0 radical (unpaired) electrons. The van der Waals surface area contributed by atoms with Gasteiger partial charge < -0.3 is 5.11 Å². The number of halogens is 1. The van der Waals surface area contributed by atoms with Crippen LogP contribution in [0.15, 0.2) is 18.2 Å². The highest BCUT2D eigenvalue weighted by atomic mass is 35.5. The molecule has 0 spiro atoms. The molecule has 0 aromatic heterocycles. The van der Waals surface area contributed by atoms with Gasteiger partial charge >= 0.3 is 0 Å². The molecule has 82 valence electrons. The highest BCUT2D eigenvalue weighted by Crippen LogP contribution is 2.23. The SMILES string of the molecule is C[C@@H](O)CCc1cc([N+](=O)[O-])ccc1Cl. The van der Waals surface area contributed by atoms with Crippen molar-refractivity contribution in [3.63, 3.8) is 0 Å². The largest absolute Gasteiger partial charge is 0.393 e. The second-order valence-electron chi connectivity index (χ2n) is 3.42. The Morgan fingerprint density at radius 3 is 2.80 bits per heavy atom. The van der Waals surface area contributed by atoms with Crippen LogP contribution in [0.1, 0.15) is 18.9 Å². The van der Waals surface area contributed by atoms with Crippen molar-refractivity contribution in [3.05, 3.63) is 38.9 Å². The average Bonchev–Trinajstić information content (AvgIpc) is 2.16. The predicted molar refractivity (Wildman–Crippen MR) is 58.1 cm³/mol. The fraction of sp³-hybridized carbons (Fsp3) is 0.400. The number of aliphatic hydroxyl groups excluding tert-OH is 1. The smallest absolute Gasteiger partial charge is 0.269 e. The molecule has 0 saturated carbocycles. The van der Waals surface area contributed by atoms with E-state index < -0.39 is 11.0 Å². The van der Waals surface area contributed by atoms with Crippen LogP contribution < -0.4 is 0 Å². The summed E-state index contributed by atoms with van der Waals surface area (Å²) >= 11 is 5.88. The maximum atomic E-state index is 10.5. The van der Waals surface area contributed by atoms with Gasteiger partial charge in [0.05, 0.1) is 11.0 Å². The summed E-state index contributed by atoms with van der Waals surface area (Å²) < 4.78 is 0. The summed E-state index contributed by atoms with van der Waals surface area (Å²) in [5.41, 5.74) is 0.728. The Kier molecular flexibility index (Phi) is 4.05. The van der Waals surface area contributed by atoms with Gasteiger partial charge in [-0.3, -0.25) is 10.1 Å². The van der Waals surface area contributed by atoms with Crippen LogP contribution in [0.3, 0.4) is 0 Å². The molecule has 0 aliphatic rings. The summed E-state index contributed by atoms with van der Waals surface area (Å²) in [6.07, 6.45) is 0.652. The Hall–Kier alpha value is -1.13. The first kappa shape index (κ1) is 11.9. The van der Waals surface area contributed by atoms with Gasteiger partial charge in [0, 0.05) is 17.2 Å². The number of rotatable bonds is 4. The van der Waals surface area contributed by atoms with Crippen molar-refractivity contribution >= 4 is 17.3 Å². The second-order valence-corrected chi connectivity index (χ2v) is 3.83. The van der Waals surface area contributed by atoms with Gasteiger partial charge in [0.2, 0.25) is 0 Å². The van der Waals surface area contributed by atoms with Crippen molar-refractivity contribution in [2.45, 2.75) is 25.9 Å². The van der Waals surface area contributed by atoms with Crippen molar-refractivity contribution in [2.24, 2.45) is 0 Å². The lowest BCUT2D eigenvalue weighted by molar-refractivity contribution is -0.384. The van der Waals surface area contributed by atoms with E-state index in [-0.39, 0.29) is 5.69 Å². The molecule has 0 bridgehead atoms. The van der Waals surface area contributed by atoms with Crippen LogP contribution >= 0.6 is 11.6 Å². The van der Waals surface area contributed by atoms with Crippen LogP contribution in [0.4, 0.5) is 5.69 Å². The first-order valence-electron chi connectivity index (χ1n) is 4.61. The van der Waals surface area contributed by atoms with E-state index in [1.54, 1.807) is 6.92 Å². The van der Waals surface area contributed by atoms with E-state index in [9.17, 15) is 10.1 Å². The number of nitro groups is 1. The summed E-state index contributed by atoms with van der Waals surface area (Å²) in [6.45, 7) is 1.67. The predicted octanol–water partition coefficient (Wildman–Crippen LogP) is 2.56. The molecule has 0 amide bonds. The van der Waals surface area contributed by atoms with Crippen LogP contribution in [0.25, 0.3) is 0 Å². The third-order valence-corrected chi connectivity index (χ3v) is 2.44. The molecular weight excluding hydrogens is 218 g/mol. The molecule has 1 aromatic carbocycles. The third-order valence-electron chi connectivity index (χ3n) is 2.07. The van der Waals surface area contributed by atoms with Gasteiger partial charge in [-0.1, -0.05) is 11.6 Å². The minimum Gasteiger partial charge on any atom is -0.393 e. The molecule has 4 nitrogen and oxygen atoms in total. The van der Waals surface area contributed by atoms with E-state index in [2.05, 4.69) is 0 Å². The number of hydrogen-bond acceptors (Lipinski definition) is 3. The van der Waals surface area contributed by atoms with Gasteiger partial charge in [0.15, 0.2) is 0 Å². The molecule has 5 heteroatoms. The Bertz CT molecular complexity index is 366. The number of benzene rings is 1. The zero-order valence-corrected chi connectivity index (χ0v) is 9.07. The van der Waals surface area contributed by atoms with Gasteiger partial charge in [-0.25, -0.2) is 0 Å². The van der Waals surface area contributed by atoms with Gasteiger partial charge in [0.1, 0.15) is 0 Å². The topological polar surface area (TPSA) is 63.4 Å². The molecule has 15 heavy (non-hydrogen) atoms. The maximum absolute atomic E-state index is 10.5. The van der Waals surface area contributed by atoms with E-state index in [1.807, 2.05) is 0 Å². The highest BCUT2D eigenvalue weighted by molar-refractivity contribution is 6.31. The molecule has 1 aromatic rings. The van der Waals surface area contributed by atoms with E-state index in [0.717, 1.165) is 0 Å². The van der Waals surface area contributed by atoms with Crippen LogP contribution in [-0.2, 0) is 6.42 Å². The Labute approximate surface area is 92.6 Å². The quantitative estimate of drug-likeness (QED) is 0.638. The Balaban J connectivity index is 2.85. The molecule has 0 heterocycles. The zero-order chi connectivity index (χ0) is 11.4. The third kappa shape index (κ3) is 3.49. The van der Waals surface area contributed by atoms with Gasteiger partial charge in [-0.15, -0.1) is 0 Å². The van der Waals surface area contributed by atoms with Crippen molar-refractivity contribution < 1.29 is 10.0 Å². The monoisotopic (exact) mass is 229 g/mol. The number of non-ortho nitro benzene ring substituents is 1. The first-order valence-corrected chi connectivity index (χ1v) is 4.99. The van der Waals surface area contributed by atoms with Gasteiger partial charge in [-0.05, 0) is 31.4 Å². The molecule has 0 aliphatic carbocycles. The van der Waals surface area contributed by atoms with E-state index in [4.69, 9.17) is 16.7 Å². The van der Waals surface area contributed by atoms with Crippen molar-refractivity contribution in [1.29, 1.82) is 0 Å². The number of hydrogen-bond donors (Lipinski definition) is 1. The first-order chi connectivity index (χ1) is 7.00. The van der Waals surface area contributed by atoms with E-state index in [0.29, 0.717) is 23.4 Å². The minimum atomic E-state index is -0.456. The van der Waals surface area contributed by atoms with Crippen LogP contribution in [-0.4, -0.2) is 16.1 Å². The molecular formula is C10H12ClNO3. The normalized spacial score (nSPS) is 12.5. The summed E-state index contributed by atoms with van der Waals surface area (Å²) in [7, 11) is 0. The Morgan fingerprint density at radius 1 is 1.60 bits per heavy atom. The van der Waals surface area contributed by atoms with Crippen molar-refractivity contribution in [3.8, 4) is 0 Å². The van der Waals surface area contributed by atoms with Crippen molar-refractivity contribution in [2.75, 3.05) is 0 Å². The minimum absolute atomic E-state index is 0.0278. The van der Waals surface area contributed by atoms with Crippen LogP contribution in [0, 0.1) is 10.1 Å². The van der Waals surface area contributed by atoms with Crippen LogP contribution in [0.2, 0.25) is 5.02 Å². The average molecular weight is 230 g/mol. The molecule has 1 atom stereocenters. The lowest BCUT2D eigenvalue weighted by Gasteiger charge is -2.05. The number of aryl methyl sites for hydroxylation is 1. The fourth-order valence-corrected chi connectivity index (χ4v) is 1.44. The summed E-state index contributed by atoms with van der Waals surface area (Å²) in [4.78, 5) is 10.1. The van der Waals surface area contributed by atoms with Gasteiger partial charge in [0.25, 0.3) is 5.69 Å². The van der Waals surface area contributed by atoms with Crippen LogP contribution in [0.5, 0.6) is 0 Å². The molecule has 0 unspecified atom stereocenters. The standard InChI is InChI=1S/C10H12ClNO3/c1-7(13)2-3-8-6-9(12(14)15)4-5-10(8)11/h4-7,13H,2-3H2,1H3/t7-/m1/s1. The molecule has 0 fully saturated rings. The number of aliphatic hydroxyl groups is 1. The molecule has 1 N–H and O–H groups in total. The van der Waals surface area contributed by atoms with Gasteiger partial charge in [-0.2, -0.15) is 0 Å². The summed E-state index contributed by atoms with van der Waals surface area (Å²) in [5, 5.41) is 20.1. The summed E-state index contributed by atoms with van der Waals surface area (Å²) in [5.74, 6) is 0. The number of nitro benzene ring substituents is 1. The van der Waals surface area contributed by atoms with E-state index in [1.165, 1.54) is 18.2 Å². The fourth-order valence-electron chi connectivity index (χ4n) is 1.23. The zero-order valence-electron chi connectivity index (χ0n) is 8.31. The summed E-state index contributed by atoms with van der Waals surface area (Å²) in [6, 6.07) is 4.33. The maximum Gasteiger partial charge on any atom is 0.269 e. The molecule has 0 saturated heterocycles.